The molecule has 1 aliphatic carbocycles. The number of para-hydroxylation sites is 2. The van der Waals surface area contributed by atoms with Crippen LogP contribution in [-0.2, 0) is 5.41 Å². The number of fused-ring (bicyclic) bond motifs is 3. The molecule has 0 N–H and O–H groups in total. The smallest absolute Gasteiger partial charge is 0.0714 e. The highest BCUT2D eigenvalue weighted by Crippen LogP contribution is 2.59. The standard InChI is InChI=1S/C49H35N/c1-6-20-36(21-7-1)41-30-16-17-31-42(41)45-34-44-43-32-18-19-33-46(43)49(37-22-8-2-9-23-37,38-24-10-3-11-25-38)47(44)35-48(45)50(39-26-12-4-13-27-39)40-28-14-5-15-29-40/h1-35H. The number of hydrogen-bond acceptors (Lipinski definition) is 1. The van der Waals surface area contributed by atoms with Gasteiger partial charge in [-0.15, -0.1) is 0 Å². The number of rotatable bonds is 7. The molecule has 1 nitrogen and oxygen atoms in total. The fourth-order valence-electron chi connectivity index (χ4n) is 8.05. The van der Waals surface area contributed by atoms with Gasteiger partial charge in [0.15, 0.2) is 0 Å². The van der Waals surface area contributed by atoms with E-state index in [2.05, 4.69) is 217 Å². The van der Waals surface area contributed by atoms with E-state index < -0.39 is 5.41 Å². The average Bonchev–Trinajstić information content (AvgIpc) is 3.49. The maximum absolute atomic E-state index is 2.49. The molecular weight excluding hydrogens is 603 g/mol. The first-order valence-electron chi connectivity index (χ1n) is 17.3. The van der Waals surface area contributed by atoms with Crippen molar-refractivity contribution in [3.63, 3.8) is 0 Å². The summed E-state index contributed by atoms with van der Waals surface area (Å²) in [5, 5.41) is 0. The van der Waals surface area contributed by atoms with Crippen LogP contribution in [-0.4, -0.2) is 0 Å². The summed E-state index contributed by atoms with van der Waals surface area (Å²) < 4.78 is 0. The summed E-state index contributed by atoms with van der Waals surface area (Å²) in [6.45, 7) is 0. The summed E-state index contributed by atoms with van der Waals surface area (Å²) in [5.74, 6) is 0. The lowest BCUT2D eigenvalue weighted by molar-refractivity contribution is 0.768. The molecule has 0 atom stereocenters. The fraction of sp³-hybridized carbons (Fsp3) is 0.0204. The van der Waals surface area contributed by atoms with Crippen molar-refractivity contribution in [2.45, 2.75) is 5.41 Å². The van der Waals surface area contributed by atoms with Gasteiger partial charge in [-0.2, -0.15) is 0 Å². The van der Waals surface area contributed by atoms with E-state index >= 15 is 0 Å². The molecule has 8 aromatic rings. The molecule has 0 radical (unpaired) electrons. The van der Waals surface area contributed by atoms with Gasteiger partial charge in [0.25, 0.3) is 0 Å². The van der Waals surface area contributed by atoms with Crippen molar-refractivity contribution < 1.29 is 0 Å². The van der Waals surface area contributed by atoms with Gasteiger partial charge >= 0.3 is 0 Å². The second-order valence-electron chi connectivity index (χ2n) is 12.9. The molecule has 0 amide bonds. The maximum atomic E-state index is 2.49. The zero-order chi connectivity index (χ0) is 33.3. The largest absolute Gasteiger partial charge is 0.310 e. The lowest BCUT2D eigenvalue weighted by Gasteiger charge is -2.35. The van der Waals surface area contributed by atoms with Crippen LogP contribution in [0.1, 0.15) is 22.3 Å². The van der Waals surface area contributed by atoms with Crippen molar-refractivity contribution in [2.24, 2.45) is 0 Å². The van der Waals surface area contributed by atoms with Crippen LogP contribution in [0.5, 0.6) is 0 Å². The number of hydrogen-bond donors (Lipinski definition) is 0. The molecule has 50 heavy (non-hydrogen) atoms. The molecule has 0 heterocycles. The summed E-state index contributed by atoms with van der Waals surface area (Å²) in [6.07, 6.45) is 0. The van der Waals surface area contributed by atoms with Crippen LogP contribution >= 0.6 is 0 Å². The third kappa shape index (κ3) is 4.78. The average molecular weight is 638 g/mol. The monoisotopic (exact) mass is 637 g/mol. The predicted octanol–water partition coefficient (Wildman–Crippen LogP) is 12.9. The molecule has 1 heteroatoms. The van der Waals surface area contributed by atoms with Gasteiger partial charge in [0, 0.05) is 16.9 Å². The van der Waals surface area contributed by atoms with Gasteiger partial charge in [-0.1, -0.05) is 176 Å². The van der Waals surface area contributed by atoms with Crippen LogP contribution in [0.25, 0.3) is 33.4 Å². The van der Waals surface area contributed by atoms with Crippen LogP contribution in [0.15, 0.2) is 212 Å². The van der Waals surface area contributed by atoms with Gasteiger partial charge < -0.3 is 4.90 Å². The van der Waals surface area contributed by atoms with Crippen molar-refractivity contribution in [1.29, 1.82) is 0 Å². The Balaban J connectivity index is 1.44. The first-order chi connectivity index (χ1) is 24.8. The van der Waals surface area contributed by atoms with E-state index in [0.717, 1.165) is 17.1 Å². The maximum Gasteiger partial charge on any atom is 0.0714 e. The minimum absolute atomic E-state index is 0.514. The second-order valence-corrected chi connectivity index (χ2v) is 12.9. The molecule has 0 saturated carbocycles. The summed E-state index contributed by atoms with van der Waals surface area (Å²) in [5.41, 5.74) is 15.2. The molecule has 0 fully saturated rings. The summed E-state index contributed by atoms with van der Waals surface area (Å²) in [6, 6.07) is 77.2. The summed E-state index contributed by atoms with van der Waals surface area (Å²) >= 11 is 0. The highest BCUT2D eigenvalue weighted by Gasteiger charge is 2.46. The SMILES string of the molecule is c1ccc(-c2ccccc2-c2cc3c(cc2N(c2ccccc2)c2ccccc2)C(c2ccccc2)(c2ccccc2)c2ccccc2-3)cc1. The Labute approximate surface area is 294 Å². The van der Waals surface area contributed by atoms with Gasteiger partial charge in [-0.3, -0.25) is 0 Å². The minimum atomic E-state index is -0.514. The first-order valence-corrected chi connectivity index (χ1v) is 17.3. The fourth-order valence-corrected chi connectivity index (χ4v) is 8.05. The van der Waals surface area contributed by atoms with Crippen molar-refractivity contribution in [2.75, 3.05) is 4.90 Å². The zero-order valence-electron chi connectivity index (χ0n) is 27.7. The normalized spacial score (nSPS) is 12.6. The van der Waals surface area contributed by atoms with Gasteiger partial charge in [0.2, 0.25) is 0 Å². The molecule has 9 rings (SSSR count). The third-order valence-electron chi connectivity index (χ3n) is 10.1. The van der Waals surface area contributed by atoms with Crippen LogP contribution in [0.2, 0.25) is 0 Å². The Bertz CT molecular complexity index is 2320. The number of nitrogens with zero attached hydrogens (tertiary/aromatic N) is 1. The summed E-state index contributed by atoms with van der Waals surface area (Å²) in [4.78, 5) is 2.43. The zero-order valence-corrected chi connectivity index (χ0v) is 27.7. The Hall–Kier alpha value is -6.44. The number of benzene rings is 8. The molecule has 8 aromatic carbocycles. The third-order valence-corrected chi connectivity index (χ3v) is 10.1. The highest BCUT2D eigenvalue weighted by molar-refractivity contribution is 5.99. The van der Waals surface area contributed by atoms with E-state index in [4.69, 9.17) is 0 Å². The Morgan fingerprint density at radius 2 is 0.740 bits per heavy atom. The van der Waals surface area contributed by atoms with Crippen LogP contribution in [0.3, 0.4) is 0 Å². The highest BCUT2D eigenvalue weighted by atomic mass is 15.1. The predicted molar refractivity (Wildman–Crippen MR) is 209 cm³/mol. The number of anilines is 3. The quantitative estimate of drug-likeness (QED) is 0.168. The molecule has 0 bridgehead atoms. The van der Waals surface area contributed by atoms with Crippen LogP contribution < -0.4 is 4.90 Å². The summed E-state index contributed by atoms with van der Waals surface area (Å²) in [7, 11) is 0. The van der Waals surface area contributed by atoms with E-state index in [1.54, 1.807) is 0 Å². The molecule has 1 aliphatic rings. The molecule has 0 unspecified atom stereocenters. The topological polar surface area (TPSA) is 3.24 Å². The van der Waals surface area contributed by atoms with E-state index in [0.29, 0.717) is 0 Å². The molecular formula is C49H35N. The minimum Gasteiger partial charge on any atom is -0.310 e. The van der Waals surface area contributed by atoms with Crippen LogP contribution in [0.4, 0.5) is 17.1 Å². The first kappa shape index (κ1) is 29.7. The van der Waals surface area contributed by atoms with Gasteiger partial charge in [-0.05, 0) is 86.5 Å². The second kappa shape index (κ2) is 12.5. The van der Waals surface area contributed by atoms with Crippen molar-refractivity contribution in [3.8, 4) is 33.4 Å². The van der Waals surface area contributed by atoms with Crippen molar-refractivity contribution in [3.05, 3.63) is 235 Å². The van der Waals surface area contributed by atoms with E-state index in [-0.39, 0.29) is 0 Å². The molecule has 0 spiro atoms. The molecule has 0 saturated heterocycles. The molecule has 0 aliphatic heterocycles. The molecule has 0 aromatic heterocycles. The lowest BCUT2D eigenvalue weighted by atomic mass is 9.67. The lowest BCUT2D eigenvalue weighted by Crippen LogP contribution is -2.28. The van der Waals surface area contributed by atoms with E-state index in [1.165, 1.54) is 55.6 Å². The Morgan fingerprint density at radius 1 is 0.300 bits per heavy atom. The van der Waals surface area contributed by atoms with Crippen LogP contribution in [0, 0.1) is 0 Å². The Morgan fingerprint density at radius 3 is 1.30 bits per heavy atom. The van der Waals surface area contributed by atoms with Gasteiger partial charge in [0.05, 0.1) is 11.1 Å². The van der Waals surface area contributed by atoms with E-state index in [1.807, 2.05) is 0 Å². The van der Waals surface area contributed by atoms with Gasteiger partial charge in [-0.25, -0.2) is 0 Å². The Kier molecular flexibility index (Phi) is 7.44. The van der Waals surface area contributed by atoms with E-state index in [9.17, 15) is 0 Å². The van der Waals surface area contributed by atoms with Gasteiger partial charge in [0.1, 0.15) is 0 Å². The van der Waals surface area contributed by atoms with Crippen molar-refractivity contribution in [1.82, 2.24) is 0 Å². The van der Waals surface area contributed by atoms with Crippen molar-refractivity contribution >= 4 is 17.1 Å². The molecule has 236 valence electrons.